The Kier molecular flexibility index (Phi) is 3.84. The highest BCUT2D eigenvalue weighted by Gasteiger charge is 2.18. The third kappa shape index (κ3) is 2.85. The number of rotatable bonds is 4. The minimum atomic E-state index is -0.649. The Labute approximate surface area is 117 Å². The van der Waals surface area contributed by atoms with E-state index >= 15 is 0 Å². The van der Waals surface area contributed by atoms with Crippen LogP contribution in [0, 0.1) is 10.1 Å². The largest absolute Gasteiger partial charge is 0.383 e. The lowest BCUT2D eigenvalue weighted by atomic mass is 10.2. The van der Waals surface area contributed by atoms with Crippen molar-refractivity contribution in [1.29, 1.82) is 0 Å². The third-order valence-electron chi connectivity index (χ3n) is 2.35. The molecule has 0 aromatic carbocycles. The number of carbonyl (C=O) groups excluding carboxylic acids is 1. The van der Waals surface area contributed by atoms with Gasteiger partial charge in [-0.05, 0) is 6.42 Å². The molecule has 0 saturated heterocycles. The highest BCUT2D eigenvalue weighted by molar-refractivity contribution is 7.15. The summed E-state index contributed by atoms with van der Waals surface area (Å²) in [5, 5.41) is 21.8. The number of anilines is 2. The molecule has 3 N–H and O–H groups in total. The minimum Gasteiger partial charge on any atom is -0.383 e. The summed E-state index contributed by atoms with van der Waals surface area (Å²) in [5.41, 5.74) is 5.16. The van der Waals surface area contributed by atoms with E-state index in [0.717, 1.165) is 17.3 Å². The first-order chi connectivity index (χ1) is 9.51. The number of nitrogen functional groups attached to an aromatic ring is 1. The fraction of sp³-hybridized carbons (Fsp3) is 0.200. The predicted molar refractivity (Wildman–Crippen MR) is 72.5 cm³/mol. The van der Waals surface area contributed by atoms with Crippen molar-refractivity contribution in [2.24, 2.45) is 0 Å². The zero-order valence-corrected chi connectivity index (χ0v) is 11.2. The average molecular weight is 294 g/mol. The van der Waals surface area contributed by atoms with Crippen LogP contribution in [-0.2, 0) is 6.42 Å². The molecule has 0 unspecified atom stereocenters. The van der Waals surface area contributed by atoms with E-state index in [4.69, 9.17) is 5.73 Å². The number of amides is 1. The summed E-state index contributed by atoms with van der Waals surface area (Å²) in [4.78, 5) is 25.6. The number of aromatic nitrogens is 3. The lowest BCUT2D eigenvalue weighted by molar-refractivity contribution is -0.385. The van der Waals surface area contributed by atoms with Crippen LogP contribution in [0.2, 0.25) is 0 Å². The van der Waals surface area contributed by atoms with Gasteiger partial charge in [-0.3, -0.25) is 20.2 Å². The molecule has 0 spiro atoms. The van der Waals surface area contributed by atoms with Gasteiger partial charge in [-0.25, -0.2) is 4.98 Å². The van der Waals surface area contributed by atoms with E-state index in [2.05, 4.69) is 20.5 Å². The standard InChI is InChI=1S/C10H10N6O3S/c1-2-7-14-15-10(20-7)13-9(17)6-3-5(16(18)19)4-12-8(6)11/h3-4H,2H2,1H3,(H2,11,12)(H,13,15,17). The smallest absolute Gasteiger partial charge is 0.288 e. The van der Waals surface area contributed by atoms with Crippen LogP contribution in [-0.4, -0.2) is 26.0 Å². The highest BCUT2D eigenvalue weighted by atomic mass is 32.1. The zero-order chi connectivity index (χ0) is 14.7. The molecule has 0 aliphatic carbocycles. The van der Waals surface area contributed by atoms with Crippen molar-refractivity contribution in [2.45, 2.75) is 13.3 Å². The topological polar surface area (TPSA) is 137 Å². The van der Waals surface area contributed by atoms with E-state index in [0.29, 0.717) is 11.6 Å². The van der Waals surface area contributed by atoms with Crippen molar-refractivity contribution >= 4 is 33.9 Å². The minimum absolute atomic E-state index is 0.0764. The molecule has 1 amide bonds. The van der Waals surface area contributed by atoms with Crippen LogP contribution in [0.1, 0.15) is 22.3 Å². The molecule has 9 nitrogen and oxygen atoms in total. The van der Waals surface area contributed by atoms with Crippen LogP contribution in [0.15, 0.2) is 12.3 Å². The van der Waals surface area contributed by atoms with Crippen molar-refractivity contribution < 1.29 is 9.72 Å². The van der Waals surface area contributed by atoms with Gasteiger partial charge >= 0.3 is 0 Å². The summed E-state index contributed by atoms with van der Waals surface area (Å²) < 4.78 is 0. The molecule has 2 heterocycles. The number of hydrogen-bond donors (Lipinski definition) is 2. The predicted octanol–water partition coefficient (Wildman–Crippen LogP) is 1.24. The number of nitrogens with zero attached hydrogens (tertiary/aromatic N) is 4. The number of aryl methyl sites for hydroxylation is 1. The van der Waals surface area contributed by atoms with Gasteiger partial charge in [0, 0.05) is 6.07 Å². The van der Waals surface area contributed by atoms with Crippen molar-refractivity contribution in [3.05, 3.63) is 32.9 Å². The Balaban J connectivity index is 2.24. The first-order valence-electron chi connectivity index (χ1n) is 5.55. The second kappa shape index (κ2) is 5.57. The SMILES string of the molecule is CCc1nnc(NC(=O)c2cc([N+](=O)[O-])cnc2N)s1. The van der Waals surface area contributed by atoms with Crippen molar-refractivity contribution in [3.8, 4) is 0 Å². The van der Waals surface area contributed by atoms with Gasteiger partial charge in [-0.15, -0.1) is 10.2 Å². The molecule has 0 atom stereocenters. The van der Waals surface area contributed by atoms with Gasteiger partial charge in [0.15, 0.2) is 0 Å². The van der Waals surface area contributed by atoms with Crippen molar-refractivity contribution in [1.82, 2.24) is 15.2 Å². The van der Waals surface area contributed by atoms with Gasteiger partial charge in [0.25, 0.3) is 11.6 Å². The Morgan fingerprint density at radius 2 is 2.30 bits per heavy atom. The summed E-state index contributed by atoms with van der Waals surface area (Å²) in [6.07, 6.45) is 1.69. The van der Waals surface area contributed by atoms with E-state index in [1.807, 2.05) is 6.92 Å². The Morgan fingerprint density at radius 3 is 2.90 bits per heavy atom. The number of pyridine rings is 1. The maximum absolute atomic E-state index is 12.0. The Hall–Kier alpha value is -2.62. The zero-order valence-electron chi connectivity index (χ0n) is 10.4. The fourth-order valence-corrected chi connectivity index (χ4v) is 2.03. The Bertz CT molecular complexity index is 671. The van der Waals surface area contributed by atoms with E-state index in [1.54, 1.807) is 0 Å². The van der Waals surface area contributed by atoms with Crippen LogP contribution >= 0.6 is 11.3 Å². The van der Waals surface area contributed by atoms with Crippen LogP contribution in [0.4, 0.5) is 16.6 Å². The molecule has 20 heavy (non-hydrogen) atoms. The van der Waals surface area contributed by atoms with E-state index < -0.39 is 10.8 Å². The van der Waals surface area contributed by atoms with E-state index in [1.165, 1.54) is 11.3 Å². The van der Waals surface area contributed by atoms with Gasteiger partial charge < -0.3 is 5.73 Å². The first-order valence-corrected chi connectivity index (χ1v) is 6.36. The number of nitrogens with one attached hydrogen (secondary N) is 1. The number of hydrogen-bond acceptors (Lipinski definition) is 8. The maximum Gasteiger partial charge on any atom is 0.288 e. The molecule has 10 heteroatoms. The number of carbonyl (C=O) groups is 1. The molecule has 0 aliphatic rings. The molecule has 0 bridgehead atoms. The quantitative estimate of drug-likeness (QED) is 0.639. The maximum atomic E-state index is 12.0. The second-order valence-electron chi connectivity index (χ2n) is 3.69. The third-order valence-corrected chi connectivity index (χ3v) is 3.33. The molecule has 2 aromatic heterocycles. The molecule has 104 valence electrons. The van der Waals surface area contributed by atoms with Crippen molar-refractivity contribution in [2.75, 3.05) is 11.1 Å². The summed E-state index contributed by atoms with van der Waals surface area (Å²) in [7, 11) is 0. The molecule has 0 saturated carbocycles. The monoisotopic (exact) mass is 294 g/mol. The van der Waals surface area contributed by atoms with Crippen LogP contribution < -0.4 is 11.1 Å². The lowest BCUT2D eigenvalue weighted by Gasteiger charge is -2.03. The molecule has 2 rings (SSSR count). The molecular formula is C10H10N6O3S. The Morgan fingerprint density at radius 1 is 1.55 bits per heavy atom. The number of nitro groups is 1. The van der Waals surface area contributed by atoms with Gasteiger partial charge in [0.2, 0.25) is 5.13 Å². The summed E-state index contributed by atoms with van der Waals surface area (Å²) in [6.45, 7) is 1.91. The fourth-order valence-electron chi connectivity index (χ4n) is 1.36. The second-order valence-corrected chi connectivity index (χ2v) is 4.75. The first kappa shape index (κ1) is 13.8. The highest BCUT2D eigenvalue weighted by Crippen LogP contribution is 2.20. The summed E-state index contributed by atoms with van der Waals surface area (Å²) in [6, 6.07) is 1.07. The van der Waals surface area contributed by atoms with Gasteiger partial charge in [0.1, 0.15) is 17.0 Å². The summed E-state index contributed by atoms with van der Waals surface area (Å²) in [5.74, 6) is -0.703. The van der Waals surface area contributed by atoms with E-state index in [-0.39, 0.29) is 17.1 Å². The normalized spacial score (nSPS) is 10.2. The molecular weight excluding hydrogens is 284 g/mol. The van der Waals surface area contributed by atoms with E-state index in [9.17, 15) is 14.9 Å². The van der Waals surface area contributed by atoms with Crippen molar-refractivity contribution in [3.63, 3.8) is 0 Å². The summed E-state index contributed by atoms with van der Waals surface area (Å²) >= 11 is 1.22. The molecule has 2 aromatic rings. The van der Waals surface area contributed by atoms with Crippen LogP contribution in [0.25, 0.3) is 0 Å². The van der Waals surface area contributed by atoms with Crippen LogP contribution in [0.5, 0.6) is 0 Å². The average Bonchev–Trinajstić information content (AvgIpc) is 2.86. The molecule has 0 radical (unpaired) electrons. The van der Waals surface area contributed by atoms with Gasteiger partial charge in [-0.2, -0.15) is 0 Å². The molecule has 0 aliphatic heterocycles. The van der Waals surface area contributed by atoms with Gasteiger partial charge in [0.05, 0.1) is 10.5 Å². The van der Waals surface area contributed by atoms with Crippen LogP contribution in [0.3, 0.4) is 0 Å². The molecule has 0 fully saturated rings. The van der Waals surface area contributed by atoms with Gasteiger partial charge in [-0.1, -0.05) is 18.3 Å². The number of nitrogens with two attached hydrogens (primary N) is 1. The lowest BCUT2D eigenvalue weighted by Crippen LogP contribution is -2.15.